The Balaban J connectivity index is 2.01. The molecule has 1 aromatic carbocycles. The van der Waals surface area contributed by atoms with E-state index < -0.39 is 17.7 Å². The number of quaternary nitrogens is 1. The van der Waals surface area contributed by atoms with E-state index in [1.54, 1.807) is 11.8 Å². The molecule has 6 nitrogen and oxygen atoms in total. The number of nitrogens with zero attached hydrogens (tertiary/aromatic N) is 2. The van der Waals surface area contributed by atoms with Crippen molar-refractivity contribution in [2.75, 3.05) is 27.2 Å². The number of hydrogen-bond donors (Lipinski definition) is 2. The second-order valence-corrected chi connectivity index (χ2v) is 8.56. The van der Waals surface area contributed by atoms with Gasteiger partial charge in [0.15, 0.2) is 5.76 Å². The fourth-order valence-corrected chi connectivity index (χ4v) is 4.44. The van der Waals surface area contributed by atoms with Crippen LogP contribution in [0.4, 0.5) is 0 Å². The van der Waals surface area contributed by atoms with E-state index in [1.807, 2.05) is 37.3 Å². The summed E-state index contributed by atoms with van der Waals surface area (Å²) in [5, 5.41) is 11.4. The first-order valence-electron chi connectivity index (χ1n) is 9.38. The Morgan fingerprint density at radius 3 is 2.50 bits per heavy atom. The summed E-state index contributed by atoms with van der Waals surface area (Å²) < 4.78 is 0. The van der Waals surface area contributed by atoms with Crippen molar-refractivity contribution < 1.29 is 19.6 Å². The van der Waals surface area contributed by atoms with Crippen LogP contribution in [-0.4, -0.2) is 53.9 Å². The highest BCUT2D eigenvalue weighted by Crippen LogP contribution is 2.39. The van der Waals surface area contributed by atoms with E-state index in [4.69, 9.17) is 0 Å². The predicted octanol–water partition coefficient (Wildman–Crippen LogP) is 1.87. The molecule has 0 saturated carbocycles. The zero-order chi connectivity index (χ0) is 20.4. The van der Waals surface area contributed by atoms with Crippen LogP contribution in [0.15, 0.2) is 41.7 Å². The molecule has 148 valence electrons. The Morgan fingerprint density at radius 2 is 1.93 bits per heavy atom. The SMILES string of the molecule is Cc1nc(C)c(C(=O)C2=C(O)C(=O)N(CCC[NH+](C)C)[C@@H]2c2ccccc2)s1. The highest BCUT2D eigenvalue weighted by atomic mass is 32.1. The van der Waals surface area contributed by atoms with Gasteiger partial charge >= 0.3 is 0 Å². The zero-order valence-electron chi connectivity index (χ0n) is 16.7. The average molecular weight is 401 g/mol. The van der Waals surface area contributed by atoms with Crippen LogP contribution in [0.1, 0.15) is 38.4 Å². The fourth-order valence-electron chi connectivity index (χ4n) is 3.57. The van der Waals surface area contributed by atoms with Gasteiger partial charge in [0.1, 0.15) is 0 Å². The van der Waals surface area contributed by atoms with Crippen LogP contribution in [0.3, 0.4) is 0 Å². The van der Waals surface area contributed by atoms with Crippen molar-refractivity contribution in [1.29, 1.82) is 0 Å². The van der Waals surface area contributed by atoms with Gasteiger partial charge in [0.05, 0.1) is 47.8 Å². The van der Waals surface area contributed by atoms with Crippen molar-refractivity contribution in [2.24, 2.45) is 0 Å². The smallest absolute Gasteiger partial charge is 0.290 e. The number of benzene rings is 1. The third-order valence-electron chi connectivity index (χ3n) is 4.85. The van der Waals surface area contributed by atoms with Gasteiger partial charge in [-0.05, 0) is 19.4 Å². The van der Waals surface area contributed by atoms with Gasteiger partial charge in [-0.1, -0.05) is 30.3 Å². The standard InChI is InChI=1S/C21H25N3O3S/c1-13-20(28-14(2)22-13)18(25)16-17(15-9-6-5-7-10-15)24(21(27)19(16)26)12-8-11-23(3)4/h5-7,9-10,17,26H,8,11-12H2,1-4H3/p+1/t17-/m1/s1. The molecule has 0 fully saturated rings. The maximum atomic E-state index is 13.3. The number of aliphatic hydroxyl groups is 1. The van der Waals surface area contributed by atoms with Gasteiger partial charge in [-0.15, -0.1) is 11.3 Å². The van der Waals surface area contributed by atoms with Crippen molar-refractivity contribution >= 4 is 23.0 Å². The van der Waals surface area contributed by atoms with E-state index >= 15 is 0 Å². The van der Waals surface area contributed by atoms with Crippen LogP contribution in [0.2, 0.25) is 0 Å². The number of aryl methyl sites for hydroxylation is 2. The fraction of sp³-hybridized carbons (Fsp3) is 0.381. The molecule has 3 rings (SSSR count). The van der Waals surface area contributed by atoms with Crippen LogP contribution >= 0.6 is 11.3 Å². The van der Waals surface area contributed by atoms with E-state index in [2.05, 4.69) is 19.1 Å². The second kappa shape index (κ2) is 8.24. The van der Waals surface area contributed by atoms with E-state index in [1.165, 1.54) is 16.2 Å². The molecule has 1 atom stereocenters. The number of carbonyl (C=O) groups excluding carboxylic acids is 2. The number of aromatic nitrogens is 1. The highest BCUT2D eigenvalue weighted by molar-refractivity contribution is 7.14. The third kappa shape index (κ3) is 3.86. The number of Topliss-reactive ketones (excluding diaryl/α,β-unsaturated/α-hetero) is 1. The molecule has 0 radical (unpaired) electrons. The number of ketones is 1. The van der Waals surface area contributed by atoms with Gasteiger partial charge in [-0.3, -0.25) is 9.59 Å². The van der Waals surface area contributed by atoms with Gasteiger partial charge in [0.25, 0.3) is 5.91 Å². The molecule has 2 heterocycles. The number of aliphatic hydroxyl groups excluding tert-OH is 1. The van der Waals surface area contributed by atoms with E-state index in [9.17, 15) is 14.7 Å². The van der Waals surface area contributed by atoms with Crippen molar-refractivity contribution in [3.63, 3.8) is 0 Å². The molecule has 2 N–H and O–H groups in total. The van der Waals surface area contributed by atoms with Crippen LogP contribution in [-0.2, 0) is 4.79 Å². The average Bonchev–Trinajstić information content (AvgIpc) is 3.12. The predicted molar refractivity (Wildman–Crippen MR) is 109 cm³/mol. The summed E-state index contributed by atoms with van der Waals surface area (Å²) in [6.07, 6.45) is 0.783. The Morgan fingerprint density at radius 1 is 1.25 bits per heavy atom. The molecule has 28 heavy (non-hydrogen) atoms. The van der Waals surface area contributed by atoms with Gasteiger partial charge in [0.2, 0.25) is 5.78 Å². The monoisotopic (exact) mass is 400 g/mol. The van der Waals surface area contributed by atoms with Crippen LogP contribution < -0.4 is 4.90 Å². The summed E-state index contributed by atoms with van der Waals surface area (Å²) in [5.41, 5.74) is 1.60. The number of amides is 1. The Hall–Kier alpha value is -2.51. The maximum Gasteiger partial charge on any atom is 0.290 e. The normalized spacial score (nSPS) is 17.1. The summed E-state index contributed by atoms with van der Waals surface area (Å²) in [5.74, 6) is -1.24. The largest absolute Gasteiger partial charge is 0.503 e. The lowest BCUT2D eigenvalue weighted by atomic mass is 9.95. The van der Waals surface area contributed by atoms with Crippen LogP contribution in [0.5, 0.6) is 0 Å². The first kappa shape index (κ1) is 20.2. The van der Waals surface area contributed by atoms with Gasteiger partial charge in [0, 0.05) is 13.0 Å². The van der Waals surface area contributed by atoms with E-state index in [0.29, 0.717) is 17.1 Å². The minimum atomic E-state index is -0.583. The lowest BCUT2D eigenvalue weighted by Gasteiger charge is -2.27. The van der Waals surface area contributed by atoms with Crippen molar-refractivity contribution in [2.45, 2.75) is 26.3 Å². The van der Waals surface area contributed by atoms with E-state index in [0.717, 1.165) is 23.5 Å². The highest BCUT2D eigenvalue weighted by Gasteiger charge is 2.44. The number of carbonyl (C=O) groups is 2. The number of hydrogen-bond acceptors (Lipinski definition) is 5. The lowest BCUT2D eigenvalue weighted by Crippen LogP contribution is -3.05. The number of rotatable bonds is 7. The first-order valence-corrected chi connectivity index (χ1v) is 10.2. The Labute approximate surface area is 169 Å². The number of nitrogens with one attached hydrogen (secondary N) is 1. The molecule has 0 spiro atoms. The van der Waals surface area contributed by atoms with Gasteiger partial charge in [-0.2, -0.15) is 0 Å². The lowest BCUT2D eigenvalue weighted by molar-refractivity contribution is -0.858. The minimum Gasteiger partial charge on any atom is -0.503 e. The minimum absolute atomic E-state index is 0.153. The Kier molecular flexibility index (Phi) is 5.96. The van der Waals surface area contributed by atoms with Gasteiger partial charge < -0.3 is 14.9 Å². The Bertz CT molecular complexity index is 918. The first-order chi connectivity index (χ1) is 13.3. The molecular weight excluding hydrogens is 374 g/mol. The molecule has 1 aliphatic heterocycles. The molecule has 0 unspecified atom stereocenters. The molecule has 0 saturated heterocycles. The van der Waals surface area contributed by atoms with E-state index in [-0.39, 0.29) is 11.4 Å². The summed E-state index contributed by atoms with van der Waals surface area (Å²) in [6, 6.07) is 8.84. The summed E-state index contributed by atoms with van der Waals surface area (Å²) in [7, 11) is 4.11. The zero-order valence-corrected chi connectivity index (χ0v) is 17.5. The maximum absolute atomic E-state index is 13.3. The third-order valence-corrected chi connectivity index (χ3v) is 5.92. The summed E-state index contributed by atoms with van der Waals surface area (Å²) in [6.45, 7) is 4.99. The summed E-state index contributed by atoms with van der Waals surface area (Å²) >= 11 is 1.29. The molecule has 7 heteroatoms. The van der Waals surface area contributed by atoms with Crippen molar-refractivity contribution in [3.8, 4) is 0 Å². The molecular formula is C21H26N3O3S+. The second-order valence-electron chi connectivity index (χ2n) is 7.36. The molecule has 1 aliphatic rings. The van der Waals surface area contributed by atoms with Crippen molar-refractivity contribution in [3.05, 3.63) is 62.8 Å². The van der Waals surface area contributed by atoms with Gasteiger partial charge in [-0.25, -0.2) is 4.98 Å². The molecule has 0 bridgehead atoms. The molecule has 1 aromatic heterocycles. The van der Waals surface area contributed by atoms with Crippen molar-refractivity contribution in [1.82, 2.24) is 9.88 Å². The summed E-state index contributed by atoms with van der Waals surface area (Å²) in [4.78, 5) is 33.9. The topological polar surface area (TPSA) is 74.9 Å². The quantitative estimate of drug-likeness (QED) is 0.696. The number of thiazole rings is 1. The molecule has 0 aliphatic carbocycles. The van der Waals surface area contributed by atoms with Crippen LogP contribution in [0.25, 0.3) is 0 Å². The molecule has 1 amide bonds. The van der Waals surface area contributed by atoms with Crippen LogP contribution in [0, 0.1) is 13.8 Å². The molecule has 2 aromatic rings.